The molecule has 1 aliphatic carbocycles. The van der Waals surface area contributed by atoms with Crippen LogP contribution in [0.5, 0.6) is 0 Å². The van der Waals surface area contributed by atoms with Crippen molar-refractivity contribution in [1.29, 1.82) is 0 Å². The fourth-order valence-electron chi connectivity index (χ4n) is 4.19. The zero-order valence-electron chi connectivity index (χ0n) is 18.8. The molecule has 2 amide bonds. The highest BCUT2D eigenvalue weighted by Gasteiger charge is 2.30. The topological polar surface area (TPSA) is 49.4 Å². The second-order valence-electron chi connectivity index (χ2n) is 8.36. The van der Waals surface area contributed by atoms with Crippen molar-refractivity contribution in [3.63, 3.8) is 0 Å². The maximum Gasteiger partial charge on any atom is 0.243 e. The van der Waals surface area contributed by atoms with Gasteiger partial charge in [-0.15, -0.1) is 11.8 Å². The van der Waals surface area contributed by atoms with Crippen molar-refractivity contribution in [3.05, 3.63) is 71.5 Å². The summed E-state index contributed by atoms with van der Waals surface area (Å²) in [5.41, 5.74) is 1.57. The van der Waals surface area contributed by atoms with Crippen LogP contribution in [-0.2, 0) is 21.9 Å². The maximum atomic E-state index is 13.9. The highest BCUT2D eigenvalue weighted by atomic mass is 32.2. The molecule has 2 aromatic rings. The Morgan fingerprint density at radius 1 is 1.06 bits per heavy atom. The third-order valence-corrected chi connectivity index (χ3v) is 6.94. The van der Waals surface area contributed by atoms with E-state index < -0.39 is 6.04 Å². The first-order valence-electron chi connectivity index (χ1n) is 11.5. The lowest BCUT2D eigenvalue weighted by Crippen LogP contribution is -2.52. The van der Waals surface area contributed by atoms with Gasteiger partial charge in [0.1, 0.15) is 11.9 Å². The van der Waals surface area contributed by atoms with Crippen molar-refractivity contribution < 1.29 is 14.0 Å². The van der Waals surface area contributed by atoms with Crippen LogP contribution in [0.4, 0.5) is 4.39 Å². The van der Waals surface area contributed by atoms with Crippen molar-refractivity contribution in [2.24, 2.45) is 0 Å². The Morgan fingerprint density at radius 2 is 1.75 bits per heavy atom. The molecule has 1 fully saturated rings. The number of halogens is 1. The molecule has 172 valence electrons. The van der Waals surface area contributed by atoms with Gasteiger partial charge in [-0.2, -0.15) is 0 Å². The smallest absolute Gasteiger partial charge is 0.243 e. The number of nitrogens with zero attached hydrogens (tertiary/aromatic N) is 1. The molecule has 0 bridgehead atoms. The molecule has 0 spiro atoms. The SMILES string of the molecule is CC[C@@H](C(=O)NC1CCCCC1)N(Cc1ccccc1)C(=O)CSCc1ccccc1F. The van der Waals surface area contributed by atoms with Crippen molar-refractivity contribution >= 4 is 23.6 Å². The van der Waals surface area contributed by atoms with Gasteiger partial charge in [-0.25, -0.2) is 4.39 Å². The molecule has 0 aliphatic heterocycles. The molecule has 0 saturated heterocycles. The lowest BCUT2D eigenvalue weighted by atomic mass is 9.95. The van der Waals surface area contributed by atoms with Gasteiger partial charge in [0.15, 0.2) is 0 Å². The van der Waals surface area contributed by atoms with E-state index in [4.69, 9.17) is 0 Å². The average Bonchev–Trinajstić information content (AvgIpc) is 2.81. The zero-order valence-corrected chi connectivity index (χ0v) is 19.6. The largest absolute Gasteiger partial charge is 0.352 e. The summed E-state index contributed by atoms with van der Waals surface area (Å²) in [4.78, 5) is 28.1. The molecule has 0 aromatic heterocycles. The van der Waals surface area contributed by atoms with Gasteiger partial charge in [-0.3, -0.25) is 9.59 Å². The molecular weight excluding hydrogens is 423 g/mol. The van der Waals surface area contributed by atoms with E-state index in [0.717, 1.165) is 31.2 Å². The van der Waals surface area contributed by atoms with E-state index in [2.05, 4.69) is 5.32 Å². The minimum absolute atomic E-state index is 0.0669. The first kappa shape index (κ1) is 24.3. The van der Waals surface area contributed by atoms with Crippen LogP contribution in [0.1, 0.15) is 56.6 Å². The van der Waals surface area contributed by atoms with E-state index in [1.807, 2.05) is 37.3 Å². The quantitative estimate of drug-likeness (QED) is 0.527. The van der Waals surface area contributed by atoms with Crippen LogP contribution in [0.25, 0.3) is 0 Å². The molecule has 1 N–H and O–H groups in total. The van der Waals surface area contributed by atoms with Crippen molar-refractivity contribution in [2.75, 3.05) is 5.75 Å². The molecule has 0 radical (unpaired) electrons. The molecular formula is C26H33FN2O2S. The number of hydrogen-bond acceptors (Lipinski definition) is 3. The standard InChI is InChI=1S/C26H33FN2O2S/c1-2-24(26(31)28-22-14-7-4-8-15-22)29(17-20-11-5-3-6-12-20)25(30)19-32-18-21-13-9-10-16-23(21)27/h3,5-6,9-13,16,22,24H,2,4,7-8,14-15,17-19H2,1H3,(H,28,31)/t24-/m0/s1. The normalized spacial score (nSPS) is 15.2. The molecule has 32 heavy (non-hydrogen) atoms. The van der Waals surface area contributed by atoms with Gasteiger partial charge < -0.3 is 10.2 Å². The maximum absolute atomic E-state index is 13.9. The third-order valence-electron chi connectivity index (χ3n) is 5.97. The fraction of sp³-hybridized carbons (Fsp3) is 0.462. The van der Waals surface area contributed by atoms with Gasteiger partial charge in [0.05, 0.1) is 5.75 Å². The Bertz CT molecular complexity index is 871. The summed E-state index contributed by atoms with van der Waals surface area (Å²) in [5.74, 6) is 0.201. The Hall–Kier alpha value is -2.34. The van der Waals surface area contributed by atoms with Gasteiger partial charge in [0, 0.05) is 18.3 Å². The second-order valence-corrected chi connectivity index (χ2v) is 9.34. The fourth-order valence-corrected chi connectivity index (χ4v) is 5.09. The van der Waals surface area contributed by atoms with E-state index in [-0.39, 0.29) is 29.4 Å². The third kappa shape index (κ3) is 7.09. The minimum Gasteiger partial charge on any atom is -0.352 e. The number of amides is 2. The van der Waals surface area contributed by atoms with Crippen LogP contribution in [-0.4, -0.2) is 34.6 Å². The molecule has 2 aromatic carbocycles. The summed E-state index contributed by atoms with van der Waals surface area (Å²) in [6.07, 6.45) is 6.07. The van der Waals surface area contributed by atoms with E-state index in [0.29, 0.717) is 24.3 Å². The summed E-state index contributed by atoms with van der Waals surface area (Å²) in [6, 6.07) is 16.1. The van der Waals surface area contributed by atoms with E-state index in [1.54, 1.807) is 23.1 Å². The second kappa shape index (κ2) is 12.6. The molecule has 0 unspecified atom stereocenters. The van der Waals surface area contributed by atoms with Gasteiger partial charge in [-0.1, -0.05) is 74.7 Å². The lowest BCUT2D eigenvalue weighted by molar-refractivity contribution is -0.139. The van der Waals surface area contributed by atoms with Crippen LogP contribution >= 0.6 is 11.8 Å². The first-order chi connectivity index (χ1) is 15.6. The average molecular weight is 457 g/mol. The van der Waals surface area contributed by atoms with Gasteiger partial charge in [0.2, 0.25) is 11.8 Å². The number of thioether (sulfide) groups is 1. The molecule has 1 saturated carbocycles. The molecule has 1 aliphatic rings. The Morgan fingerprint density at radius 3 is 2.44 bits per heavy atom. The number of benzene rings is 2. The van der Waals surface area contributed by atoms with Crippen LogP contribution in [0, 0.1) is 5.82 Å². The molecule has 6 heteroatoms. The molecule has 1 atom stereocenters. The van der Waals surface area contributed by atoms with E-state index >= 15 is 0 Å². The summed E-state index contributed by atoms with van der Waals surface area (Å²) >= 11 is 1.38. The summed E-state index contributed by atoms with van der Waals surface area (Å²) in [5, 5.41) is 3.19. The predicted octanol–water partition coefficient (Wildman–Crippen LogP) is 5.32. The van der Waals surface area contributed by atoms with Gasteiger partial charge >= 0.3 is 0 Å². The Kier molecular flexibility index (Phi) is 9.60. The molecule has 4 nitrogen and oxygen atoms in total. The van der Waals surface area contributed by atoms with E-state index in [9.17, 15) is 14.0 Å². The van der Waals surface area contributed by atoms with Gasteiger partial charge in [0.25, 0.3) is 0 Å². The number of carbonyl (C=O) groups excluding carboxylic acids is 2. The van der Waals surface area contributed by atoms with Crippen molar-refractivity contribution in [1.82, 2.24) is 10.2 Å². The highest BCUT2D eigenvalue weighted by Crippen LogP contribution is 2.21. The van der Waals surface area contributed by atoms with Gasteiger partial charge in [-0.05, 0) is 36.5 Å². The monoisotopic (exact) mass is 456 g/mol. The Balaban J connectivity index is 1.68. The summed E-state index contributed by atoms with van der Waals surface area (Å²) in [6.45, 7) is 2.33. The molecule has 0 heterocycles. The zero-order chi connectivity index (χ0) is 22.8. The first-order valence-corrected chi connectivity index (χ1v) is 12.7. The van der Waals surface area contributed by atoms with Crippen molar-refractivity contribution in [2.45, 2.75) is 69.8 Å². The van der Waals surface area contributed by atoms with Crippen LogP contribution < -0.4 is 5.32 Å². The number of carbonyl (C=O) groups is 2. The summed E-state index contributed by atoms with van der Waals surface area (Å²) in [7, 11) is 0. The van der Waals surface area contributed by atoms with Crippen LogP contribution in [0.3, 0.4) is 0 Å². The lowest BCUT2D eigenvalue weighted by Gasteiger charge is -2.32. The predicted molar refractivity (Wildman–Crippen MR) is 129 cm³/mol. The number of hydrogen-bond donors (Lipinski definition) is 1. The van der Waals surface area contributed by atoms with Crippen molar-refractivity contribution in [3.8, 4) is 0 Å². The number of rotatable bonds is 10. The van der Waals surface area contributed by atoms with Crippen LogP contribution in [0.15, 0.2) is 54.6 Å². The minimum atomic E-state index is -0.515. The number of nitrogens with one attached hydrogen (secondary N) is 1. The summed E-state index contributed by atoms with van der Waals surface area (Å²) < 4.78 is 13.9. The van der Waals surface area contributed by atoms with Crippen LogP contribution in [0.2, 0.25) is 0 Å². The molecule has 3 rings (SSSR count). The van der Waals surface area contributed by atoms with E-state index in [1.165, 1.54) is 24.2 Å². The highest BCUT2D eigenvalue weighted by molar-refractivity contribution is 7.99. The Labute approximate surface area is 195 Å².